The minimum Gasteiger partial charge on any atom is -0.484 e. The number of hydrogen-bond donors (Lipinski definition) is 4. The molecule has 1 saturated heterocycles. The molecule has 1 fully saturated rings. The summed E-state index contributed by atoms with van der Waals surface area (Å²) in [7, 11) is 0. The minimum atomic E-state index is -0.720. The van der Waals surface area contributed by atoms with Crippen LogP contribution in [0.1, 0.15) is 18.3 Å². The zero-order chi connectivity index (χ0) is 24.3. The average Bonchev–Trinajstić information content (AvgIpc) is 3.16. The molecule has 6 N–H and O–H groups in total. The van der Waals surface area contributed by atoms with Gasteiger partial charge < -0.3 is 31.5 Å². The van der Waals surface area contributed by atoms with Crippen molar-refractivity contribution in [2.24, 2.45) is 11.5 Å². The Morgan fingerprint density at radius 2 is 1.94 bits per heavy atom. The summed E-state index contributed by atoms with van der Waals surface area (Å²) < 4.78 is 6.03. The Balaban J connectivity index is 1.63. The highest BCUT2D eigenvalue weighted by Gasteiger charge is 2.36. The number of fused-ring (bicyclic) bond motifs is 1. The van der Waals surface area contributed by atoms with E-state index in [1.54, 1.807) is 18.5 Å². The van der Waals surface area contributed by atoms with E-state index >= 15 is 0 Å². The fourth-order valence-corrected chi connectivity index (χ4v) is 4.25. The molecule has 11 nitrogen and oxygen atoms in total. The molecule has 0 saturated carbocycles. The van der Waals surface area contributed by atoms with E-state index in [1.165, 1.54) is 6.20 Å². The monoisotopic (exact) mass is 467 g/mol. The van der Waals surface area contributed by atoms with E-state index in [0.29, 0.717) is 44.0 Å². The van der Waals surface area contributed by atoms with Crippen LogP contribution in [0.3, 0.4) is 0 Å². The first-order chi connectivity index (χ1) is 16.3. The lowest BCUT2D eigenvalue weighted by Crippen LogP contribution is -2.49. The van der Waals surface area contributed by atoms with Crippen molar-refractivity contribution in [2.75, 3.05) is 49.5 Å². The van der Waals surface area contributed by atoms with Crippen molar-refractivity contribution in [1.82, 2.24) is 14.9 Å². The highest BCUT2D eigenvalue weighted by molar-refractivity contribution is 6.24. The van der Waals surface area contributed by atoms with Crippen molar-refractivity contribution in [1.29, 1.82) is 0 Å². The summed E-state index contributed by atoms with van der Waals surface area (Å²) in [5, 5.41) is 12.7. The molecule has 2 amide bonds. The maximum Gasteiger partial charge on any atom is 0.261 e. The van der Waals surface area contributed by atoms with E-state index in [9.17, 15) is 14.7 Å². The Labute approximate surface area is 197 Å². The van der Waals surface area contributed by atoms with Gasteiger partial charge in [0, 0.05) is 62.8 Å². The van der Waals surface area contributed by atoms with Gasteiger partial charge in [0.1, 0.15) is 11.4 Å². The van der Waals surface area contributed by atoms with Crippen LogP contribution in [0.15, 0.2) is 36.8 Å². The van der Waals surface area contributed by atoms with Gasteiger partial charge in [-0.15, -0.1) is 0 Å². The van der Waals surface area contributed by atoms with E-state index in [1.807, 2.05) is 24.0 Å². The van der Waals surface area contributed by atoms with Crippen molar-refractivity contribution in [3.05, 3.63) is 48.2 Å². The van der Waals surface area contributed by atoms with Gasteiger partial charge in [0.25, 0.3) is 5.91 Å². The van der Waals surface area contributed by atoms with Crippen molar-refractivity contribution >= 4 is 28.8 Å². The highest BCUT2D eigenvalue weighted by atomic mass is 16.5. The zero-order valence-electron chi connectivity index (χ0n) is 19.0. The Bertz CT molecular complexity index is 1100. The van der Waals surface area contributed by atoms with Gasteiger partial charge in [0.15, 0.2) is 5.82 Å². The van der Waals surface area contributed by atoms with Crippen LogP contribution >= 0.6 is 0 Å². The Kier molecular flexibility index (Phi) is 6.66. The van der Waals surface area contributed by atoms with Crippen LogP contribution < -0.4 is 26.4 Å². The van der Waals surface area contributed by atoms with Crippen molar-refractivity contribution in [3.8, 4) is 5.75 Å². The van der Waals surface area contributed by atoms with Gasteiger partial charge in [-0.25, -0.2) is 9.97 Å². The lowest BCUT2D eigenvalue weighted by Gasteiger charge is -2.36. The zero-order valence-corrected chi connectivity index (χ0v) is 19.0. The number of aliphatic hydroxyl groups is 1. The van der Waals surface area contributed by atoms with Gasteiger partial charge in [-0.3, -0.25) is 14.5 Å². The highest BCUT2D eigenvalue weighted by Crippen LogP contribution is 2.42. The molecule has 4 rings (SSSR count). The number of nitrogens with one attached hydrogen (secondary N) is 1. The fourth-order valence-electron chi connectivity index (χ4n) is 4.25. The van der Waals surface area contributed by atoms with Crippen molar-refractivity contribution < 1.29 is 19.4 Å². The SMILES string of the molecule is C[C@@]1(CO)Cc2cc(NC(=O)/C(=C/N)c3ncccn3)c(N3CCN(CC(N)=O)CC3)cc2O1. The summed E-state index contributed by atoms with van der Waals surface area (Å²) in [6.45, 7) is 4.48. The number of aromatic nitrogens is 2. The molecule has 2 aliphatic rings. The topological polar surface area (TPSA) is 160 Å². The number of nitrogens with two attached hydrogens (primary N) is 2. The molecule has 0 bridgehead atoms. The van der Waals surface area contributed by atoms with Gasteiger partial charge >= 0.3 is 0 Å². The predicted octanol–water partition coefficient (Wildman–Crippen LogP) is -0.292. The number of carbonyl (C=O) groups is 2. The molecule has 34 heavy (non-hydrogen) atoms. The normalized spacial score (nSPS) is 20.5. The first-order valence-corrected chi connectivity index (χ1v) is 11.0. The minimum absolute atomic E-state index is 0.129. The van der Waals surface area contributed by atoms with Gasteiger partial charge in [-0.2, -0.15) is 0 Å². The number of nitrogens with zero attached hydrogens (tertiary/aromatic N) is 4. The number of primary amides is 1. The number of carbonyl (C=O) groups excluding carboxylic acids is 2. The lowest BCUT2D eigenvalue weighted by atomic mass is 9.99. The molecule has 0 unspecified atom stereocenters. The maximum atomic E-state index is 13.1. The van der Waals surface area contributed by atoms with Crippen LogP contribution in [0, 0.1) is 0 Å². The number of hydrogen-bond acceptors (Lipinski definition) is 9. The maximum absolute atomic E-state index is 13.1. The number of aliphatic hydroxyl groups excluding tert-OH is 1. The molecule has 0 radical (unpaired) electrons. The molecule has 1 aromatic carbocycles. The van der Waals surface area contributed by atoms with Crippen molar-refractivity contribution in [2.45, 2.75) is 18.9 Å². The van der Waals surface area contributed by atoms with Crippen LogP contribution in [0.2, 0.25) is 0 Å². The van der Waals surface area contributed by atoms with Crippen LogP contribution in [0.25, 0.3) is 5.57 Å². The molecule has 2 aliphatic heterocycles. The molecule has 3 heterocycles. The lowest BCUT2D eigenvalue weighted by molar-refractivity contribution is -0.119. The molecule has 1 atom stereocenters. The van der Waals surface area contributed by atoms with Gasteiger partial charge in [-0.1, -0.05) is 0 Å². The van der Waals surface area contributed by atoms with Gasteiger partial charge in [0.05, 0.1) is 30.1 Å². The Morgan fingerprint density at radius 3 is 2.56 bits per heavy atom. The number of benzene rings is 1. The number of anilines is 2. The van der Waals surface area contributed by atoms with E-state index in [2.05, 4.69) is 20.2 Å². The number of piperazine rings is 1. The smallest absolute Gasteiger partial charge is 0.261 e. The standard InChI is InChI=1S/C23H29N7O4/c1-23(14-31)11-15-9-17(28-22(33)16(12-24)21-26-3-2-4-27-21)18(10-19(15)34-23)30-7-5-29(6-8-30)13-20(25)32/h2-4,9-10,12,31H,5-8,11,13-14,24H2,1H3,(H2,25,32)(H,28,33)/b16-12+/t23-/m0/s1. The third-order valence-corrected chi connectivity index (χ3v) is 5.99. The van der Waals surface area contributed by atoms with Crippen LogP contribution in [-0.2, 0) is 16.0 Å². The number of rotatable bonds is 7. The Hall–Kier alpha value is -3.70. The molecule has 1 aromatic heterocycles. The molecule has 2 aromatic rings. The molecule has 0 aliphatic carbocycles. The predicted molar refractivity (Wildman–Crippen MR) is 127 cm³/mol. The molecule has 0 spiro atoms. The van der Waals surface area contributed by atoms with Crippen LogP contribution in [-0.4, -0.2) is 76.7 Å². The summed E-state index contributed by atoms with van der Waals surface area (Å²) in [5.41, 5.74) is 12.7. The third-order valence-electron chi connectivity index (χ3n) is 5.99. The molecule has 11 heteroatoms. The van der Waals surface area contributed by atoms with Crippen LogP contribution in [0.4, 0.5) is 11.4 Å². The summed E-state index contributed by atoms with van der Waals surface area (Å²) in [6.07, 6.45) is 4.78. The second-order valence-electron chi connectivity index (χ2n) is 8.70. The summed E-state index contributed by atoms with van der Waals surface area (Å²) >= 11 is 0. The van der Waals surface area contributed by atoms with E-state index in [4.69, 9.17) is 16.2 Å². The third kappa shape index (κ3) is 4.95. The summed E-state index contributed by atoms with van der Waals surface area (Å²) in [4.78, 5) is 36.8. The second-order valence-corrected chi connectivity index (χ2v) is 8.70. The molecular weight excluding hydrogens is 438 g/mol. The van der Waals surface area contributed by atoms with E-state index < -0.39 is 11.5 Å². The second kappa shape index (κ2) is 9.65. The van der Waals surface area contributed by atoms with Gasteiger partial charge in [-0.05, 0) is 19.1 Å². The quantitative estimate of drug-likeness (QED) is 0.401. The van der Waals surface area contributed by atoms with Gasteiger partial charge in [0.2, 0.25) is 5.91 Å². The Morgan fingerprint density at radius 1 is 1.24 bits per heavy atom. The van der Waals surface area contributed by atoms with Crippen LogP contribution in [0.5, 0.6) is 5.75 Å². The first kappa shape index (κ1) is 23.5. The molecule has 180 valence electrons. The molecular formula is C23H29N7O4. The van der Waals surface area contributed by atoms with Crippen molar-refractivity contribution in [3.63, 3.8) is 0 Å². The first-order valence-electron chi connectivity index (χ1n) is 11.0. The summed E-state index contributed by atoms with van der Waals surface area (Å²) in [6, 6.07) is 5.42. The largest absolute Gasteiger partial charge is 0.484 e. The fraction of sp³-hybridized carbons (Fsp3) is 0.391. The number of ether oxygens (including phenoxy) is 1. The van der Waals surface area contributed by atoms with E-state index in [-0.39, 0.29) is 30.5 Å². The summed E-state index contributed by atoms with van der Waals surface area (Å²) in [5.74, 6) is 0.0949. The number of amides is 2. The van der Waals surface area contributed by atoms with E-state index in [0.717, 1.165) is 11.3 Å². The average molecular weight is 468 g/mol.